The minimum atomic E-state index is 0.261. The van der Waals surface area contributed by atoms with Gasteiger partial charge in [0.2, 0.25) is 0 Å². The van der Waals surface area contributed by atoms with Crippen LogP contribution in [0.3, 0.4) is 0 Å². The van der Waals surface area contributed by atoms with E-state index in [0.29, 0.717) is 0 Å². The SMILES string of the molecule is CCc1cccc(C)c1NC(C)c1c(C)nn(CC)c1C. The van der Waals surface area contributed by atoms with Gasteiger partial charge in [-0.3, -0.25) is 4.68 Å². The highest BCUT2D eigenvalue weighted by molar-refractivity contribution is 5.58. The highest BCUT2D eigenvalue weighted by Crippen LogP contribution is 2.29. The first-order valence-corrected chi connectivity index (χ1v) is 7.88. The molecule has 0 aliphatic heterocycles. The van der Waals surface area contributed by atoms with Crippen LogP contribution in [0.5, 0.6) is 0 Å². The Morgan fingerprint density at radius 3 is 2.48 bits per heavy atom. The zero-order valence-corrected chi connectivity index (χ0v) is 14.1. The number of anilines is 1. The normalized spacial score (nSPS) is 12.5. The third-order valence-corrected chi connectivity index (χ3v) is 4.27. The fourth-order valence-corrected chi connectivity index (χ4v) is 3.16. The van der Waals surface area contributed by atoms with Crippen molar-refractivity contribution < 1.29 is 0 Å². The van der Waals surface area contributed by atoms with E-state index < -0.39 is 0 Å². The number of hydrogen-bond acceptors (Lipinski definition) is 2. The third-order valence-electron chi connectivity index (χ3n) is 4.27. The lowest BCUT2D eigenvalue weighted by Gasteiger charge is -2.20. The summed E-state index contributed by atoms with van der Waals surface area (Å²) in [6.07, 6.45) is 1.04. The van der Waals surface area contributed by atoms with Crippen molar-refractivity contribution >= 4 is 5.69 Å². The number of nitrogens with one attached hydrogen (secondary N) is 1. The molecule has 0 aliphatic carbocycles. The topological polar surface area (TPSA) is 29.9 Å². The van der Waals surface area contributed by atoms with Crippen molar-refractivity contribution in [1.82, 2.24) is 9.78 Å². The summed E-state index contributed by atoms with van der Waals surface area (Å²) < 4.78 is 2.08. The van der Waals surface area contributed by atoms with Crippen molar-refractivity contribution in [2.24, 2.45) is 0 Å². The van der Waals surface area contributed by atoms with E-state index in [4.69, 9.17) is 0 Å². The van der Waals surface area contributed by atoms with Crippen LogP contribution in [0.1, 0.15) is 54.9 Å². The summed E-state index contributed by atoms with van der Waals surface area (Å²) >= 11 is 0. The highest BCUT2D eigenvalue weighted by Gasteiger charge is 2.18. The Bertz CT molecular complexity index is 626. The number of nitrogens with zero attached hydrogens (tertiary/aromatic N) is 2. The van der Waals surface area contributed by atoms with Gasteiger partial charge in [-0.1, -0.05) is 25.1 Å². The molecular formula is C18H27N3. The average molecular weight is 285 g/mol. The van der Waals surface area contributed by atoms with Gasteiger partial charge in [0.1, 0.15) is 0 Å². The molecule has 3 nitrogen and oxygen atoms in total. The predicted molar refractivity (Wildman–Crippen MR) is 90.0 cm³/mol. The van der Waals surface area contributed by atoms with Crippen LogP contribution in [0.4, 0.5) is 5.69 Å². The van der Waals surface area contributed by atoms with Gasteiger partial charge in [0, 0.05) is 23.5 Å². The fourth-order valence-electron chi connectivity index (χ4n) is 3.16. The van der Waals surface area contributed by atoms with Crippen LogP contribution >= 0.6 is 0 Å². The summed E-state index contributed by atoms with van der Waals surface area (Å²) in [5.74, 6) is 0. The molecule has 3 heteroatoms. The van der Waals surface area contributed by atoms with Crippen LogP contribution in [-0.4, -0.2) is 9.78 Å². The molecule has 0 saturated carbocycles. The van der Waals surface area contributed by atoms with Gasteiger partial charge in [-0.2, -0.15) is 5.10 Å². The minimum Gasteiger partial charge on any atom is -0.378 e. The molecule has 114 valence electrons. The van der Waals surface area contributed by atoms with Crippen molar-refractivity contribution in [2.45, 2.75) is 60.5 Å². The van der Waals surface area contributed by atoms with Crippen LogP contribution in [-0.2, 0) is 13.0 Å². The standard InChI is InChI=1S/C18H27N3/c1-7-16-11-9-10-12(3)18(16)19-13(4)17-14(5)20-21(8-2)15(17)6/h9-11,13,19H,7-8H2,1-6H3. The maximum atomic E-state index is 4.63. The molecule has 0 amide bonds. The monoisotopic (exact) mass is 285 g/mol. The first-order valence-electron chi connectivity index (χ1n) is 7.88. The molecular weight excluding hydrogens is 258 g/mol. The molecule has 0 bridgehead atoms. The van der Waals surface area contributed by atoms with E-state index in [1.165, 1.54) is 28.1 Å². The zero-order valence-electron chi connectivity index (χ0n) is 14.1. The summed E-state index contributed by atoms with van der Waals surface area (Å²) in [5, 5.41) is 8.34. The molecule has 1 N–H and O–H groups in total. The first kappa shape index (κ1) is 15.6. The van der Waals surface area contributed by atoms with Gasteiger partial charge in [-0.25, -0.2) is 0 Å². The highest BCUT2D eigenvalue weighted by atomic mass is 15.3. The number of aryl methyl sites for hydroxylation is 4. The Balaban J connectivity index is 2.35. The predicted octanol–water partition coefficient (Wildman–Crippen LogP) is 4.56. The van der Waals surface area contributed by atoms with Crippen molar-refractivity contribution in [3.63, 3.8) is 0 Å². The van der Waals surface area contributed by atoms with Crippen LogP contribution < -0.4 is 5.32 Å². The van der Waals surface area contributed by atoms with Gasteiger partial charge in [0.25, 0.3) is 0 Å². The van der Waals surface area contributed by atoms with Gasteiger partial charge in [0.05, 0.1) is 11.7 Å². The molecule has 0 radical (unpaired) electrons. The quantitative estimate of drug-likeness (QED) is 0.872. The van der Waals surface area contributed by atoms with Gasteiger partial charge in [0.15, 0.2) is 0 Å². The van der Waals surface area contributed by atoms with E-state index in [1.807, 2.05) is 0 Å². The van der Waals surface area contributed by atoms with E-state index in [0.717, 1.165) is 18.7 Å². The smallest absolute Gasteiger partial charge is 0.0649 e. The van der Waals surface area contributed by atoms with E-state index in [-0.39, 0.29) is 6.04 Å². The number of aromatic nitrogens is 2. The van der Waals surface area contributed by atoms with Crippen molar-refractivity contribution in [3.05, 3.63) is 46.3 Å². The molecule has 21 heavy (non-hydrogen) atoms. The molecule has 0 fully saturated rings. The maximum absolute atomic E-state index is 4.63. The Hall–Kier alpha value is -1.77. The summed E-state index contributed by atoms with van der Waals surface area (Å²) in [5.41, 5.74) is 7.67. The lowest BCUT2D eigenvalue weighted by atomic mass is 10.0. The van der Waals surface area contributed by atoms with Gasteiger partial charge >= 0.3 is 0 Å². The molecule has 1 aromatic heterocycles. The van der Waals surface area contributed by atoms with Crippen molar-refractivity contribution in [3.8, 4) is 0 Å². The third kappa shape index (κ3) is 2.97. The lowest BCUT2D eigenvalue weighted by Crippen LogP contribution is -2.11. The summed E-state index contributed by atoms with van der Waals surface area (Å²) in [6, 6.07) is 6.77. The Kier molecular flexibility index (Phi) is 4.71. The fraction of sp³-hybridized carbons (Fsp3) is 0.500. The summed E-state index contributed by atoms with van der Waals surface area (Å²) in [7, 11) is 0. The van der Waals surface area contributed by atoms with E-state index >= 15 is 0 Å². The Labute approximate surface area is 128 Å². The number of rotatable bonds is 5. The minimum absolute atomic E-state index is 0.261. The molecule has 1 atom stereocenters. The van der Waals surface area contributed by atoms with Crippen molar-refractivity contribution in [1.29, 1.82) is 0 Å². The number of hydrogen-bond donors (Lipinski definition) is 1. The second kappa shape index (κ2) is 6.33. The van der Waals surface area contributed by atoms with Crippen LogP contribution in [0, 0.1) is 20.8 Å². The van der Waals surface area contributed by atoms with E-state index in [9.17, 15) is 0 Å². The molecule has 1 aromatic carbocycles. The molecule has 0 aliphatic rings. The van der Waals surface area contributed by atoms with E-state index in [2.05, 4.69) is 74.8 Å². The summed E-state index contributed by atoms with van der Waals surface area (Å²) in [6.45, 7) is 13.9. The molecule has 1 unspecified atom stereocenters. The van der Waals surface area contributed by atoms with Crippen LogP contribution in [0.25, 0.3) is 0 Å². The second-order valence-corrected chi connectivity index (χ2v) is 5.73. The second-order valence-electron chi connectivity index (χ2n) is 5.73. The van der Waals surface area contributed by atoms with Gasteiger partial charge in [-0.15, -0.1) is 0 Å². The number of para-hydroxylation sites is 1. The Morgan fingerprint density at radius 2 is 1.90 bits per heavy atom. The molecule has 0 spiro atoms. The summed E-state index contributed by atoms with van der Waals surface area (Å²) in [4.78, 5) is 0. The van der Waals surface area contributed by atoms with Crippen molar-refractivity contribution in [2.75, 3.05) is 5.32 Å². The maximum Gasteiger partial charge on any atom is 0.0649 e. The van der Waals surface area contributed by atoms with E-state index in [1.54, 1.807) is 0 Å². The van der Waals surface area contributed by atoms with Crippen LogP contribution in [0.2, 0.25) is 0 Å². The molecule has 1 heterocycles. The number of benzene rings is 1. The van der Waals surface area contributed by atoms with Gasteiger partial charge < -0.3 is 5.32 Å². The molecule has 2 rings (SSSR count). The molecule has 2 aromatic rings. The molecule has 0 saturated heterocycles. The average Bonchev–Trinajstić information content (AvgIpc) is 2.75. The largest absolute Gasteiger partial charge is 0.378 e. The Morgan fingerprint density at radius 1 is 1.19 bits per heavy atom. The van der Waals surface area contributed by atoms with Crippen LogP contribution in [0.15, 0.2) is 18.2 Å². The van der Waals surface area contributed by atoms with Gasteiger partial charge in [-0.05, 0) is 52.2 Å². The lowest BCUT2D eigenvalue weighted by molar-refractivity contribution is 0.632. The zero-order chi connectivity index (χ0) is 15.6. The first-order chi connectivity index (χ1) is 9.99.